The monoisotopic (exact) mass is 280 g/mol. The molecule has 1 aliphatic carbocycles. The van der Waals surface area contributed by atoms with Crippen molar-refractivity contribution in [2.45, 2.75) is 85.7 Å². The Bertz CT molecular complexity index is 297. The van der Waals surface area contributed by atoms with Gasteiger partial charge >= 0.3 is 0 Å². The SMILES string of the molecule is C=CCCCCC(C)(C)C1CCCC(C(C)(C)C)C1O. The van der Waals surface area contributed by atoms with Gasteiger partial charge in [0.2, 0.25) is 0 Å². The highest BCUT2D eigenvalue weighted by molar-refractivity contribution is 4.94. The van der Waals surface area contributed by atoms with Crippen LogP contribution in [-0.4, -0.2) is 11.2 Å². The van der Waals surface area contributed by atoms with Gasteiger partial charge in [-0.2, -0.15) is 0 Å². The van der Waals surface area contributed by atoms with E-state index < -0.39 is 0 Å². The lowest BCUT2D eigenvalue weighted by Gasteiger charge is -2.48. The Morgan fingerprint density at radius 2 is 1.65 bits per heavy atom. The van der Waals surface area contributed by atoms with Gasteiger partial charge in [-0.1, -0.05) is 53.5 Å². The summed E-state index contributed by atoms with van der Waals surface area (Å²) in [6, 6.07) is 0. The number of unbranched alkanes of at least 4 members (excludes halogenated alkanes) is 2. The molecule has 1 heteroatoms. The highest BCUT2D eigenvalue weighted by Gasteiger charge is 2.44. The smallest absolute Gasteiger partial charge is 0.0606 e. The highest BCUT2D eigenvalue weighted by Crippen LogP contribution is 2.48. The summed E-state index contributed by atoms with van der Waals surface area (Å²) in [7, 11) is 0. The third kappa shape index (κ3) is 4.62. The van der Waals surface area contributed by atoms with Crippen LogP contribution in [0.4, 0.5) is 0 Å². The molecule has 20 heavy (non-hydrogen) atoms. The van der Waals surface area contributed by atoms with Crippen molar-refractivity contribution >= 4 is 0 Å². The minimum atomic E-state index is -0.127. The van der Waals surface area contributed by atoms with Crippen LogP contribution in [0.15, 0.2) is 12.7 Å². The summed E-state index contributed by atoms with van der Waals surface area (Å²) < 4.78 is 0. The summed E-state index contributed by atoms with van der Waals surface area (Å²) in [6.07, 6.45) is 10.4. The standard InChI is InChI=1S/C19H36O/c1-7-8-9-10-14-19(5,6)16-13-11-12-15(17(16)20)18(2,3)4/h7,15-17,20H,1,8-14H2,2-6H3. The van der Waals surface area contributed by atoms with Crippen molar-refractivity contribution < 1.29 is 5.11 Å². The van der Waals surface area contributed by atoms with Crippen LogP contribution in [0.25, 0.3) is 0 Å². The topological polar surface area (TPSA) is 20.2 Å². The van der Waals surface area contributed by atoms with Crippen molar-refractivity contribution in [2.75, 3.05) is 0 Å². The molecule has 0 spiro atoms. The summed E-state index contributed by atoms with van der Waals surface area (Å²) in [5.41, 5.74) is 0.474. The number of rotatable bonds is 6. The van der Waals surface area contributed by atoms with Crippen molar-refractivity contribution in [3.8, 4) is 0 Å². The Morgan fingerprint density at radius 1 is 1.05 bits per heavy atom. The summed E-state index contributed by atoms with van der Waals surface area (Å²) in [5.74, 6) is 0.915. The molecule has 0 aromatic heterocycles. The van der Waals surface area contributed by atoms with Crippen molar-refractivity contribution in [2.24, 2.45) is 22.7 Å². The van der Waals surface area contributed by atoms with Gasteiger partial charge in [0.1, 0.15) is 0 Å². The van der Waals surface area contributed by atoms with E-state index in [1.807, 2.05) is 6.08 Å². The second kappa shape index (κ2) is 7.11. The Morgan fingerprint density at radius 3 is 2.20 bits per heavy atom. The molecule has 0 amide bonds. The summed E-state index contributed by atoms with van der Waals surface area (Å²) in [4.78, 5) is 0. The molecule has 0 aromatic carbocycles. The first-order valence-electron chi connectivity index (χ1n) is 8.49. The van der Waals surface area contributed by atoms with Gasteiger partial charge in [0.05, 0.1) is 6.10 Å². The minimum absolute atomic E-state index is 0.127. The molecule has 1 saturated carbocycles. The zero-order valence-corrected chi connectivity index (χ0v) is 14.4. The molecule has 3 unspecified atom stereocenters. The zero-order chi connectivity index (χ0) is 15.4. The van der Waals surface area contributed by atoms with Crippen molar-refractivity contribution in [3.05, 3.63) is 12.7 Å². The fourth-order valence-corrected chi connectivity index (χ4v) is 4.03. The van der Waals surface area contributed by atoms with Gasteiger partial charge in [0.15, 0.2) is 0 Å². The number of hydrogen-bond acceptors (Lipinski definition) is 1. The fourth-order valence-electron chi connectivity index (χ4n) is 4.03. The van der Waals surface area contributed by atoms with Crippen LogP contribution in [0, 0.1) is 22.7 Å². The van der Waals surface area contributed by atoms with Crippen molar-refractivity contribution in [1.29, 1.82) is 0 Å². The third-order valence-electron chi connectivity index (χ3n) is 5.45. The van der Waals surface area contributed by atoms with E-state index in [0.29, 0.717) is 11.8 Å². The van der Waals surface area contributed by atoms with Gasteiger partial charge in [0, 0.05) is 0 Å². The molecule has 0 aromatic rings. The Hall–Kier alpha value is -0.300. The molecule has 3 atom stereocenters. The van der Waals surface area contributed by atoms with Gasteiger partial charge in [-0.15, -0.1) is 6.58 Å². The highest BCUT2D eigenvalue weighted by atomic mass is 16.3. The van der Waals surface area contributed by atoms with Crippen LogP contribution in [0.3, 0.4) is 0 Å². The van der Waals surface area contributed by atoms with Crippen LogP contribution in [0.5, 0.6) is 0 Å². The number of allylic oxidation sites excluding steroid dienone is 1. The molecule has 0 saturated heterocycles. The molecule has 1 fully saturated rings. The number of aliphatic hydroxyl groups excluding tert-OH is 1. The molecule has 1 aliphatic rings. The summed E-state index contributed by atoms with van der Waals surface area (Å²) >= 11 is 0. The van der Waals surface area contributed by atoms with Crippen molar-refractivity contribution in [3.63, 3.8) is 0 Å². The third-order valence-corrected chi connectivity index (χ3v) is 5.45. The Balaban J connectivity index is 2.65. The normalized spacial score (nSPS) is 28.4. The van der Waals surface area contributed by atoms with E-state index in [1.165, 1.54) is 38.5 Å². The van der Waals surface area contributed by atoms with E-state index in [-0.39, 0.29) is 16.9 Å². The van der Waals surface area contributed by atoms with Crippen LogP contribution in [-0.2, 0) is 0 Å². The molecule has 118 valence electrons. The van der Waals surface area contributed by atoms with E-state index in [1.54, 1.807) is 0 Å². The lowest BCUT2D eigenvalue weighted by atomic mass is 9.60. The molecule has 1 rings (SSSR count). The first-order valence-corrected chi connectivity index (χ1v) is 8.49. The quantitative estimate of drug-likeness (QED) is 0.497. The maximum atomic E-state index is 10.9. The second-order valence-electron chi connectivity index (χ2n) is 8.52. The number of hydrogen-bond donors (Lipinski definition) is 1. The van der Waals surface area contributed by atoms with E-state index >= 15 is 0 Å². The average Bonchev–Trinajstić information content (AvgIpc) is 2.33. The molecular formula is C19H36O. The maximum Gasteiger partial charge on any atom is 0.0606 e. The molecule has 1 N–H and O–H groups in total. The molecule has 1 nitrogen and oxygen atoms in total. The molecule has 0 bridgehead atoms. The Kier molecular flexibility index (Phi) is 6.31. The van der Waals surface area contributed by atoms with Crippen LogP contribution in [0.2, 0.25) is 0 Å². The Labute approximate surface area is 126 Å². The maximum absolute atomic E-state index is 10.9. The van der Waals surface area contributed by atoms with Gasteiger partial charge in [-0.25, -0.2) is 0 Å². The van der Waals surface area contributed by atoms with Gasteiger partial charge in [0.25, 0.3) is 0 Å². The van der Waals surface area contributed by atoms with Crippen LogP contribution < -0.4 is 0 Å². The van der Waals surface area contributed by atoms with E-state index in [0.717, 1.165) is 6.42 Å². The predicted octanol–water partition coefficient (Wildman–Crippen LogP) is 5.58. The number of aliphatic hydroxyl groups is 1. The zero-order valence-electron chi connectivity index (χ0n) is 14.4. The summed E-state index contributed by atoms with van der Waals surface area (Å²) in [6.45, 7) is 15.3. The summed E-state index contributed by atoms with van der Waals surface area (Å²) in [5, 5.41) is 10.9. The average molecular weight is 280 g/mol. The van der Waals surface area contributed by atoms with Crippen molar-refractivity contribution in [1.82, 2.24) is 0 Å². The van der Waals surface area contributed by atoms with E-state index in [4.69, 9.17) is 0 Å². The molecule has 0 aliphatic heterocycles. The first-order chi connectivity index (χ1) is 9.20. The second-order valence-corrected chi connectivity index (χ2v) is 8.52. The van der Waals surface area contributed by atoms with Gasteiger partial charge in [-0.05, 0) is 54.8 Å². The van der Waals surface area contributed by atoms with E-state index in [9.17, 15) is 5.11 Å². The van der Waals surface area contributed by atoms with E-state index in [2.05, 4.69) is 41.2 Å². The molecule has 0 radical (unpaired) electrons. The minimum Gasteiger partial charge on any atom is -0.393 e. The van der Waals surface area contributed by atoms with Crippen LogP contribution in [0.1, 0.15) is 79.6 Å². The van der Waals surface area contributed by atoms with Crippen LogP contribution >= 0.6 is 0 Å². The molecule has 0 heterocycles. The lowest BCUT2D eigenvalue weighted by Crippen LogP contribution is -2.46. The lowest BCUT2D eigenvalue weighted by molar-refractivity contribution is -0.0730. The predicted molar refractivity (Wildman–Crippen MR) is 88.7 cm³/mol. The molecular weight excluding hydrogens is 244 g/mol. The van der Waals surface area contributed by atoms with Gasteiger partial charge in [-0.3, -0.25) is 0 Å². The first kappa shape index (κ1) is 17.8. The largest absolute Gasteiger partial charge is 0.393 e. The fraction of sp³-hybridized carbons (Fsp3) is 0.895. The van der Waals surface area contributed by atoms with Gasteiger partial charge < -0.3 is 5.11 Å².